The maximum Gasteiger partial charge on any atom is 0.318 e. The molecule has 4 saturated carbocycles. The lowest BCUT2D eigenvalue weighted by molar-refractivity contribution is -0.162. The van der Waals surface area contributed by atoms with E-state index < -0.39 is 10.8 Å². The molecular formula is C15H12O4. The van der Waals surface area contributed by atoms with Crippen LogP contribution in [0.4, 0.5) is 0 Å². The zero-order valence-electron chi connectivity index (χ0n) is 10.2. The molecule has 6 atom stereocenters. The third-order valence-electron chi connectivity index (χ3n) is 6.24. The number of carbonyl (C=O) groups is 2. The number of rotatable bonds is 2. The normalized spacial score (nSPS) is 53.4. The van der Waals surface area contributed by atoms with Gasteiger partial charge in [-0.2, -0.15) is 0 Å². The van der Waals surface area contributed by atoms with Crippen molar-refractivity contribution in [3.05, 3.63) is 11.6 Å². The summed E-state index contributed by atoms with van der Waals surface area (Å²) in [6.45, 7) is 0.342. The van der Waals surface area contributed by atoms with E-state index in [4.69, 9.17) is 15.9 Å². The van der Waals surface area contributed by atoms with Crippen molar-refractivity contribution < 1.29 is 19.1 Å². The molecule has 0 radical (unpaired) electrons. The van der Waals surface area contributed by atoms with Gasteiger partial charge in [-0.1, -0.05) is 12.0 Å². The largest absolute Gasteiger partial charge is 0.460 e. The monoisotopic (exact) mass is 256 g/mol. The fourth-order valence-electron chi connectivity index (χ4n) is 6.03. The molecule has 6 bridgehead atoms. The summed E-state index contributed by atoms with van der Waals surface area (Å²) in [7, 11) is 0. The molecule has 0 N–H and O–H groups in total. The summed E-state index contributed by atoms with van der Waals surface area (Å²) >= 11 is 0. The summed E-state index contributed by atoms with van der Waals surface area (Å²) < 4.78 is 10.5. The Morgan fingerprint density at radius 1 is 1.58 bits per heavy atom. The van der Waals surface area contributed by atoms with Crippen molar-refractivity contribution in [2.45, 2.75) is 6.42 Å². The lowest BCUT2D eigenvalue weighted by Crippen LogP contribution is -2.42. The topological polar surface area (TPSA) is 52.6 Å². The molecule has 0 amide bonds. The van der Waals surface area contributed by atoms with Gasteiger partial charge in [0, 0.05) is 0 Å². The molecule has 0 unspecified atom stereocenters. The third kappa shape index (κ3) is 0.667. The molecule has 1 heterocycles. The minimum absolute atomic E-state index is 0.0144. The smallest absolute Gasteiger partial charge is 0.318 e. The van der Waals surface area contributed by atoms with Crippen molar-refractivity contribution in [3.63, 3.8) is 0 Å². The number of cyclic esters (lactones) is 1. The van der Waals surface area contributed by atoms with Crippen LogP contribution < -0.4 is 0 Å². The molecule has 4 nitrogen and oxygen atoms in total. The fraction of sp³-hybridized carbons (Fsp3) is 0.600. The van der Waals surface area contributed by atoms with Gasteiger partial charge in [0.05, 0.1) is 5.41 Å². The highest BCUT2D eigenvalue weighted by Gasteiger charge is 2.98. The molecular weight excluding hydrogens is 244 g/mol. The molecule has 6 rings (SSSR count). The van der Waals surface area contributed by atoms with Gasteiger partial charge >= 0.3 is 11.9 Å². The summed E-state index contributed by atoms with van der Waals surface area (Å²) in [5, 5.41) is 0. The molecule has 5 aliphatic carbocycles. The average molecular weight is 256 g/mol. The van der Waals surface area contributed by atoms with E-state index in [1.165, 1.54) is 0 Å². The second kappa shape index (κ2) is 2.58. The Morgan fingerprint density at radius 3 is 3.21 bits per heavy atom. The first-order chi connectivity index (χ1) is 9.20. The van der Waals surface area contributed by atoms with Gasteiger partial charge in [-0.25, -0.2) is 0 Å². The van der Waals surface area contributed by atoms with E-state index in [1.807, 2.05) is 0 Å². The fourth-order valence-corrected chi connectivity index (χ4v) is 6.03. The molecule has 19 heavy (non-hydrogen) atoms. The van der Waals surface area contributed by atoms with Crippen LogP contribution in [0.5, 0.6) is 0 Å². The Kier molecular flexibility index (Phi) is 1.37. The van der Waals surface area contributed by atoms with Gasteiger partial charge < -0.3 is 9.47 Å². The molecule has 6 aliphatic rings. The molecule has 5 fully saturated rings. The summed E-state index contributed by atoms with van der Waals surface area (Å²) in [5.41, 5.74) is -0.281. The Morgan fingerprint density at radius 2 is 2.42 bits per heavy atom. The molecule has 0 aromatic carbocycles. The van der Waals surface area contributed by atoms with Crippen LogP contribution in [0.25, 0.3) is 0 Å². The molecule has 1 spiro atoms. The van der Waals surface area contributed by atoms with Crippen LogP contribution in [0.3, 0.4) is 0 Å². The molecule has 0 aromatic rings. The first-order valence-corrected chi connectivity index (χ1v) is 6.69. The summed E-state index contributed by atoms with van der Waals surface area (Å²) in [4.78, 5) is 24.9. The van der Waals surface area contributed by atoms with Crippen molar-refractivity contribution in [1.29, 1.82) is 0 Å². The summed E-state index contributed by atoms with van der Waals surface area (Å²) in [6, 6.07) is 0. The van der Waals surface area contributed by atoms with E-state index in [0.717, 1.165) is 12.0 Å². The van der Waals surface area contributed by atoms with E-state index in [2.05, 4.69) is 12.0 Å². The Hall–Kier alpha value is -1.76. The van der Waals surface area contributed by atoms with Gasteiger partial charge in [-0.3, -0.25) is 9.59 Å². The second-order valence-electron chi connectivity index (χ2n) is 6.28. The average Bonchev–Trinajstić information content (AvgIpc) is 2.83. The zero-order valence-corrected chi connectivity index (χ0v) is 10.2. The van der Waals surface area contributed by atoms with Gasteiger partial charge in [-0.05, 0) is 35.7 Å². The Bertz CT molecular complexity index is 627. The van der Waals surface area contributed by atoms with Crippen molar-refractivity contribution >= 4 is 11.9 Å². The van der Waals surface area contributed by atoms with Crippen molar-refractivity contribution in [2.75, 3.05) is 13.2 Å². The summed E-state index contributed by atoms with van der Waals surface area (Å²) in [6.07, 6.45) is 8.30. The van der Waals surface area contributed by atoms with Gasteiger partial charge in [0.15, 0.2) is 6.61 Å². The maximum atomic E-state index is 12.5. The van der Waals surface area contributed by atoms with Crippen LogP contribution in [-0.4, -0.2) is 25.2 Å². The number of terminal acetylenes is 1. The first-order valence-electron chi connectivity index (χ1n) is 6.69. The maximum absolute atomic E-state index is 12.5. The van der Waals surface area contributed by atoms with Crippen LogP contribution in [-0.2, 0) is 19.1 Å². The second-order valence-corrected chi connectivity index (χ2v) is 6.28. The molecule has 0 aromatic heterocycles. The van der Waals surface area contributed by atoms with Crippen molar-refractivity contribution in [3.8, 4) is 12.3 Å². The highest BCUT2D eigenvalue weighted by molar-refractivity contribution is 6.00. The van der Waals surface area contributed by atoms with E-state index in [0.29, 0.717) is 18.4 Å². The highest BCUT2D eigenvalue weighted by atomic mass is 16.5. The van der Waals surface area contributed by atoms with Gasteiger partial charge in [0.1, 0.15) is 12.0 Å². The van der Waals surface area contributed by atoms with Crippen LogP contribution in [0.2, 0.25) is 0 Å². The standard InChI is InChI=1S/C15H12O4/c1-2-3-18-13(17)15-10-5-9-8(11(10)15)4-7-6-19-12(16)14(7,9)15/h1,4,8-11H,3,5-6H2/t8-,9-,10+,11+,14+,15-/m0/s1. The van der Waals surface area contributed by atoms with Gasteiger partial charge in [0.2, 0.25) is 0 Å². The number of hydrogen-bond acceptors (Lipinski definition) is 4. The van der Waals surface area contributed by atoms with Crippen LogP contribution >= 0.6 is 0 Å². The van der Waals surface area contributed by atoms with Crippen molar-refractivity contribution in [1.82, 2.24) is 0 Å². The predicted molar refractivity (Wildman–Crippen MR) is 62.3 cm³/mol. The highest BCUT2D eigenvalue weighted by Crippen LogP contribution is 2.93. The number of allylic oxidation sites excluding steroid dienone is 1. The quantitative estimate of drug-likeness (QED) is 0.411. The summed E-state index contributed by atoms with van der Waals surface area (Å²) in [5.74, 6) is 3.09. The lowest BCUT2D eigenvalue weighted by Gasteiger charge is -2.29. The van der Waals surface area contributed by atoms with Crippen LogP contribution in [0.1, 0.15) is 6.42 Å². The van der Waals surface area contributed by atoms with E-state index in [9.17, 15) is 9.59 Å². The van der Waals surface area contributed by atoms with Gasteiger partial charge in [0.25, 0.3) is 0 Å². The SMILES string of the molecule is C#CCOC(=O)[C@]12[C@@H]3[C@H]4C=C5COC(=O)[C@]51[C@H]4C[C@H]32. The Balaban J connectivity index is 1.67. The number of ether oxygens (including phenoxy) is 2. The van der Waals surface area contributed by atoms with Crippen LogP contribution in [0.15, 0.2) is 11.6 Å². The molecule has 4 heteroatoms. The predicted octanol–water partition coefficient (Wildman–Crippen LogP) is 0.528. The zero-order chi connectivity index (χ0) is 13.0. The first kappa shape index (κ1) is 10.1. The van der Waals surface area contributed by atoms with Crippen LogP contribution in [0, 0.1) is 46.8 Å². The van der Waals surface area contributed by atoms with Gasteiger partial charge in [-0.15, -0.1) is 6.42 Å². The van der Waals surface area contributed by atoms with E-state index in [1.54, 1.807) is 0 Å². The number of carbonyl (C=O) groups excluding carboxylic acids is 2. The minimum Gasteiger partial charge on any atom is -0.460 e. The van der Waals surface area contributed by atoms with E-state index in [-0.39, 0.29) is 30.4 Å². The van der Waals surface area contributed by atoms with E-state index >= 15 is 0 Å². The van der Waals surface area contributed by atoms with Crippen molar-refractivity contribution in [2.24, 2.45) is 34.5 Å². The molecule has 1 saturated heterocycles. The number of hydrogen-bond donors (Lipinski definition) is 0. The lowest BCUT2D eigenvalue weighted by atomic mass is 9.69. The minimum atomic E-state index is -0.682. The third-order valence-corrected chi connectivity index (χ3v) is 6.24. The molecule has 96 valence electrons. The Labute approximate surface area is 110 Å². The number of esters is 2. The molecule has 1 aliphatic heterocycles.